The maximum absolute atomic E-state index is 12.8. The van der Waals surface area contributed by atoms with Crippen LogP contribution in [0.4, 0.5) is 5.69 Å². The molecule has 0 aliphatic rings. The highest BCUT2D eigenvalue weighted by molar-refractivity contribution is 5.95. The van der Waals surface area contributed by atoms with Gasteiger partial charge in [0.25, 0.3) is 5.91 Å². The maximum Gasteiger partial charge on any atom is 0.253 e. The average Bonchev–Trinajstić information content (AvgIpc) is 3.10. The van der Waals surface area contributed by atoms with E-state index in [0.29, 0.717) is 5.92 Å². The molecule has 6 heteroatoms. The van der Waals surface area contributed by atoms with Gasteiger partial charge in [0.05, 0.1) is 0 Å². The third-order valence-electron chi connectivity index (χ3n) is 3.84. The second kappa shape index (κ2) is 7.04. The number of carbonyl (C=O) groups excluding carboxylic acids is 1. The molecular weight excluding hydrogens is 302 g/mol. The van der Waals surface area contributed by atoms with Crippen molar-refractivity contribution in [3.05, 3.63) is 72.1 Å². The highest BCUT2D eigenvalue weighted by Gasteiger charge is 2.23. The summed E-state index contributed by atoms with van der Waals surface area (Å²) in [5.74, 6) is 0.263. The zero-order chi connectivity index (χ0) is 16.9. The van der Waals surface area contributed by atoms with Gasteiger partial charge in [0, 0.05) is 5.69 Å². The minimum absolute atomic E-state index is 0.189. The number of carbonyl (C=O) groups is 1. The molecule has 0 aliphatic heterocycles. The predicted octanol–water partition coefficient (Wildman–Crippen LogP) is 3.02. The highest BCUT2D eigenvalue weighted by Crippen LogP contribution is 2.21. The number of benzene rings is 2. The Hall–Kier alpha value is -3.02. The number of nitrogens with one attached hydrogen (secondary N) is 1. The predicted molar refractivity (Wildman–Crippen MR) is 91.6 cm³/mol. The fraction of sp³-hybridized carbons (Fsp3) is 0.222. The first-order chi connectivity index (χ1) is 11.6. The van der Waals surface area contributed by atoms with Gasteiger partial charge in [0.15, 0.2) is 6.04 Å². The molecule has 1 heterocycles. The Kier molecular flexibility index (Phi) is 4.65. The van der Waals surface area contributed by atoms with E-state index < -0.39 is 6.04 Å². The molecule has 0 saturated heterocycles. The summed E-state index contributed by atoms with van der Waals surface area (Å²) in [6.07, 6.45) is 1.44. The molecule has 24 heavy (non-hydrogen) atoms. The summed E-state index contributed by atoms with van der Waals surface area (Å²) in [7, 11) is 0. The SMILES string of the molecule is CC(C)c1ccc(NC(=O)C(c2ccccc2)n2cnnn2)cc1. The van der Waals surface area contributed by atoms with Crippen molar-refractivity contribution in [2.24, 2.45) is 0 Å². The molecule has 1 aromatic heterocycles. The van der Waals surface area contributed by atoms with Crippen molar-refractivity contribution < 1.29 is 4.79 Å². The lowest BCUT2D eigenvalue weighted by Crippen LogP contribution is -2.27. The van der Waals surface area contributed by atoms with Gasteiger partial charge in [-0.25, -0.2) is 4.68 Å². The lowest BCUT2D eigenvalue weighted by atomic mass is 10.0. The Morgan fingerprint density at radius 3 is 2.29 bits per heavy atom. The minimum Gasteiger partial charge on any atom is -0.324 e. The minimum atomic E-state index is -0.619. The first kappa shape index (κ1) is 15.9. The van der Waals surface area contributed by atoms with Crippen molar-refractivity contribution in [3.8, 4) is 0 Å². The average molecular weight is 321 g/mol. The number of amides is 1. The van der Waals surface area contributed by atoms with Crippen LogP contribution in [0.25, 0.3) is 0 Å². The lowest BCUT2D eigenvalue weighted by Gasteiger charge is -2.17. The number of rotatable bonds is 5. The van der Waals surface area contributed by atoms with Crippen molar-refractivity contribution in [2.45, 2.75) is 25.8 Å². The van der Waals surface area contributed by atoms with Crippen molar-refractivity contribution in [1.82, 2.24) is 20.2 Å². The largest absolute Gasteiger partial charge is 0.324 e. The standard InChI is InChI=1S/C18H19N5O/c1-13(2)14-8-10-16(11-9-14)20-18(24)17(23-12-19-21-22-23)15-6-4-3-5-7-15/h3-13,17H,1-2H3,(H,20,24). The maximum atomic E-state index is 12.8. The van der Waals surface area contributed by atoms with Gasteiger partial charge in [0.1, 0.15) is 6.33 Å². The van der Waals surface area contributed by atoms with Crippen LogP contribution in [0.15, 0.2) is 60.9 Å². The molecular formula is C18H19N5O. The lowest BCUT2D eigenvalue weighted by molar-refractivity contribution is -0.118. The number of tetrazole rings is 1. The van der Waals surface area contributed by atoms with E-state index in [1.54, 1.807) is 0 Å². The van der Waals surface area contributed by atoms with Gasteiger partial charge in [-0.1, -0.05) is 56.3 Å². The van der Waals surface area contributed by atoms with Crippen LogP contribution < -0.4 is 5.32 Å². The molecule has 2 aromatic carbocycles. The summed E-state index contributed by atoms with van der Waals surface area (Å²) in [4.78, 5) is 12.8. The zero-order valence-electron chi connectivity index (χ0n) is 13.6. The Morgan fingerprint density at radius 2 is 1.71 bits per heavy atom. The molecule has 1 N–H and O–H groups in total. The Bertz CT molecular complexity index is 782. The van der Waals surface area contributed by atoms with Crippen LogP contribution in [-0.2, 0) is 4.79 Å². The van der Waals surface area contributed by atoms with Gasteiger partial charge in [-0.3, -0.25) is 4.79 Å². The van der Waals surface area contributed by atoms with Crippen LogP contribution in [0.1, 0.15) is 36.9 Å². The van der Waals surface area contributed by atoms with Gasteiger partial charge in [-0.2, -0.15) is 0 Å². The fourth-order valence-electron chi connectivity index (χ4n) is 2.51. The molecule has 122 valence electrons. The van der Waals surface area contributed by atoms with Gasteiger partial charge in [-0.15, -0.1) is 5.10 Å². The van der Waals surface area contributed by atoms with E-state index in [-0.39, 0.29) is 5.91 Å². The number of aromatic nitrogens is 4. The molecule has 1 unspecified atom stereocenters. The zero-order valence-corrected chi connectivity index (χ0v) is 13.6. The molecule has 0 bridgehead atoms. The molecule has 1 amide bonds. The highest BCUT2D eigenvalue weighted by atomic mass is 16.2. The van der Waals surface area contributed by atoms with E-state index >= 15 is 0 Å². The Morgan fingerprint density at radius 1 is 1.00 bits per heavy atom. The van der Waals surface area contributed by atoms with Crippen LogP contribution in [0.2, 0.25) is 0 Å². The normalized spacial score (nSPS) is 12.1. The molecule has 0 spiro atoms. The van der Waals surface area contributed by atoms with Crippen molar-refractivity contribution in [1.29, 1.82) is 0 Å². The summed E-state index contributed by atoms with van der Waals surface area (Å²) >= 11 is 0. The van der Waals surface area contributed by atoms with Crippen LogP contribution in [0, 0.1) is 0 Å². The van der Waals surface area contributed by atoms with E-state index in [0.717, 1.165) is 11.3 Å². The summed E-state index contributed by atoms with van der Waals surface area (Å²) < 4.78 is 1.45. The molecule has 3 rings (SSSR count). The smallest absolute Gasteiger partial charge is 0.253 e. The molecule has 3 aromatic rings. The molecule has 0 aliphatic carbocycles. The topological polar surface area (TPSA) is 72.7 Å². The first-order valence-electron chi connectivity index (χ1n) is 7.83. The molecule has 6 nitrogen and oxygen atoms in total. The number of nitrogens with zero attached hydrogens (tertiary/aromatic N) is 4. The Balaban J connectivity index is 1.84. The summed E-state index contributed by atoms with van der Waals surface area (Å²) in [5, 5.41) is 14.1. The van der Waals surface area contributed by atoms with Crippen molar-refractivity contribution in [2.75, 3.05) is 5.32 Å². The van der Waals surface area contributed by atoms with E-state index in [4.69, 9.17) is 0 Å². The summed E-state index contributed by atoms with van der Waals surface area (Å²) in [6, 6.07) is 16.7. The van der Waals surface area contributed by atoms with Gasteiger partial charge in [-0.05, 0) is 39.6 Å². The van der Waals surface area contributed by atoms with E-state index in [1.165, 1.54) is 16.6 Å². The van der Waals surface area contributed by atoms with Crippen LogP contribution in [-0.4, -0.2) is 26.1 Å². The van der Waals surface area contributed by atoms with Gasteiger partial charge < -0.3 is 5.32 Å². The van der Waals surface area contributed by atoms with E-state index in [9.17, 15) is 4.79 Å². The second-order valence-electron chi connectivity index (χ2n) is 5.87. The van der Waals surface area contributed by atoms with Crippen molar-refractivity contribution in [3.63, 3.8) is 0 Å². The Labute approximate surface area is 140 Å². The second-order valence-corrected chi connectivity index (χ2v) is 5.87. The molecule has 0 radical (unpaired) electrons. The van der Waals surface area contributed by atoms with Crippen molar-refractivity contribution >= 4 is 11.6 Å². The quantitative estimate of drug-likeness (QED) is 0.784. The number of hydrogen-bond acceptors (Lipinski definition) is 4. The number of hydrogen-bond donors (Lipinski definition) is 1. The monoisotopic (exact) mass is 321 g/mol. The third-order valence-corrected chi connectivity index (χ3v) is 3.84. The van der Waals surface area contributed by atoms with Gasteiger partial charge >= 0.3 is 0 Å². The first-order valence-corrected chi connectivity index (χ1v) is 7.83. The number of anilines is 1. The third kappa shape index (κ3) is 3.48. The molecule has 1 atom stereocenters. The van der Waals surface area contributed by atoms with Crippen LogP contribution >= 0.6 is 0 Å². The van der Waals surface area contributed by atoms with E-state index in [1.807, 2.05) is 54.6 Å². The van der Waals surface area contributed by atoms with Crippen LogP contribution in [0.5, 0.6) is 0 Å². The molecule has 0 saturated carbocycles. The van der Waals surface area contributed by atoms with E-state index in [2.05, 4.69) is 34.7 Å². The summed E-state index contributed by atoms with van der Waals surface area (Å²) in [5.41, 5.74) is 2.80. The van der Waals surface area contributed by atoms with Crippen LogP contribution in [0.3, 0.4) is 0 Å². The van der Waals surface area contributed by atoms with Gasteiger partial charge in [0.2, 0.25) is 0 Å². The summed E-state index contributed by atoms with van der Waals surface area (Å²) in [6.45, 7) is 4.27. The molecule has 0 fully saturated rings. The fourth-order valence-corrected chi connectivity index (χ4v) is 2.51.